The summed E-state index contributed by atoms with van der Waals surface area (Å²) in [6.45, 7) is 8.03. The second-order valence-electron chi connectivity index (χ2n) is 4.51. The van der Waals surface area contributed by atoms with Gasteiger partial charge in [0.05, 0.1) is 0 Å². The van der Waals surface area contributed by atoms with Crippen molar-refractivity contribution in [1.29, 1.82) is 0 Å². The molecule has 0 atom stereocenters. The van der Waals surface area contributed by atoms with E-state index in [1.54, 1.807) is 0 Å². The lowest BCUT2D eigenvalue weighted by Crippen LogP contribution is -2.30. The average Bonchev–Trinajstić information content (AvgIpc) is 2.35. The zero-order chi connectivity index (χ0) is 14.1. The highest BCUT2D eigenvalue weighted by Gasteiger charge is 2.03. The topological polar surface area (TPSA) is 47.6 Å². The van der Waals surface area contributed by atoms with Crippen molar-refractivity contribution in [1.82, 2.24) is 5.32 Å². The predicted octanol–water partition coefficient (Wildman–Crippen LogP) is 2.23. The highest BCUT2D eigenvalue weighted by atomic mass is 16.5. The largest absolute Gasteiger partial charge is 0.484 e. The third kappa shape index (κ3) is 6.82. The van der Waals surface area contributed by atoms with Crippen LogP contribution in [0.5, 0.6) is 5.75 Å². The number of nitrogens with one attached hydrogen (secondary N) is 1. The van der Waals surface area contributed by atoms with E-state index >= 15 is 0 Å². The molecule has 1 aromatic carbocycles. The number of benzene rings is 1. The first-order valence-electron chi connectivity index (χ1n) is 6.67. The second-order valence-corrected chi connectivity index (χ2v) is 4.51. The first-order valence-corrected chi connectivity index (χ1v) is 6.67. The number of carbonyl (C=O) groups excluding carboxylic acids is 1. The molecule has 1 aromatic rings. The Kier molecular flexibility index (Phi) is 6.97. The van der Waals surface area contributed by atoms with Crippen LogP contribution in [0.3, 0.4) is 0 Å². The number of carbonyl (C=O) groups is 1. The molecule has 0 radical (unpaired) electrons. The van der Waals surface area contributed by atoms with Crippen LogP contribution in [0.25, 0.3) is 0 Å². The molecule has 1 amide bonds. The summed E-state index contributed by atoms with van der Waals surface area (Å²) >= 11 is 0. The summed E-state index contributed by atoms with van der Waals surface area (Å²) < 4.78 is 10.7. The second kappa shape index (κ2) is 8.53. The summed E-state index contributed by atoms with van der Waals surface area (Å²) in [4.78, 5) is 11.5. The van der Waals surface area contributed by atoms with Crippen LogP contribution in [0.2, 0.25) is 0 Å². The standard InChI is InChI=1S/C15H23NO3/c1-4-18-7-5-6-16-15(17)11-19-14-9-12(2)8-13(3)10-14/h8-10H,4-7,11H2,1-3H3,(H,16,17). The van der Waals surface area contributed by atoms with Crippen molar-refractivity contribution >= 4 is 5.91 Å². The van der Waals surface area contributed by atoms with Crippen LogP contribution in [0.15, 0.2) is 18.2 Å². The van der Waals surface area contributed by atoms with Crippen molar-refractivity contribution in [3.63, 3.8) is 0 Å². The molecule has 4 heteroatoms. The molecule has 106 valence electrons. The third-order valence-corrected chi connectivity index (χ3v) is 2.56. The maximum atomic E-state index is 11.5. The normalized spacial score (nSPS) is 10.3. The van der Waals surface area contributed by atoms with E-state index in [4.69, 9.17) is 9.47 Å². The van der Waals surface area contributed by atoms with Gasteiger partial charge in [-0.15, -0.1) is 0 Å². The summed E-state index contributed by atoms with van der Waals surface area (Å²) in [7, 11) is 0. The van der Waals surface area contributed by atoms with Crippen molar-refractivity contribution in [3.05, 3.63) is 29.3 Å². The highest BCUT2D eigenvalue weighted by Crippen LogP contribution is 2.15. The summed E-state index contributed by atoms with van der Waals surface area (Å²) in [6.07, 6.45) is 0.823. The Morgan fingerprint density at radius 1 is 1.21 bits per heavy atom. The van der Waals surface area contributed by atoms with Gasteiger partial charge in [-0.25, -0.2) is 0 Å². The van der Waals surface area contributed by atoms with Crippen LogP contribution >= 0.6 is 0 Å². The van der Waals surface area contributed by atoms with E-state index in [9.17, 15) is 4.79 Å². The number of ether oxygens (including phenoxy) is 2. The molecule has 0 aliphatic carbocycles. The van der Waals surface area contributed by atoms with Crippen molar-refractivity contribution in [3.8, 4) is 5.75 Å². The number of hydrogen-bond acceptors (Lipinski definition) is 3. The van der Waals surface area contributed by atoms with Gasteiger partial charge in [-0.3, -0.25) is 4.79 Å². The van der Waals surface area contributed by atoms with Gasteiger partial charge in [-0.2, -0.15) is 0 Å². The van der Waals surface area contributed by atoms with E-state index in [2.05, 4.69) is 11.4 Å². The van der Waals surface area contributed by atoms with Gasteiger partial charge in [-0.05, 0) is 50.5 Å². The number of aryl methyl sites for hydroxylation is 2. The molecule has 0 aliphatic rings. The number of amides is 1. The first-order chi connectivity index (χ1) is 9.11. The van der Waals surface area contributed by atoms with Crippen LogP contribution in [0.1, 0.15) is 24.5 Å². The Labute approximate surface area is 115 Å². The monoisotopic (exact) mass is 265 g/mol. The van der Waals surface area contributed by atoms with Crippen molar-refractivity contribution in [2.45, 2.75) is 27.2 Å². The molecule has 0 unspecified atom stereocenters. The van der Waals surface area contributed by atoms with E-state index in [1.807, 2.05) is 32.9 Å². The lowest BCUT2D eigenvalue weighted by Gasteiger charge is -2.09. The van der Waals surface area contributed by atoms with E-state index in [1.165, 1.54) is 0 Å². The quantitative estimate of drug-likeness (QED) is 0.733. The van der Waals surface area contributed by atoms with E-state index in [0.29, 0.717) is 19.8 Å². The van der Waals surface area contributed by atoms with Crippen molar-refractivity contribution in [2.75, 3.05) is 26.4 Å². The minimum atomic E-state index is -0.101. The van der Waals surface area contributed by atoms with Crippen LogP contribution in [0, 0.1) is 13.8 Å². The molecule has 4 nitrogen and oxygen atoms in total. The smallest absolute Gasteiger partial charge is 0.257 e. The Morgan fingerprint density at radius 2 is 1.89 bits per heavy atom. The van der Waals surface area contributed by atoms with Crippen LogP contribution in [0.4, 0.5) is 0 Å². The molecular formula is C15H23NO3. The lowest BCUT2D eigenvalue weighted by atomic mass is 10.1. The average molecular weight is 265 g/mol. The number of rotatable bonds is 8. The fourth-order valence-electron chi connectivity index (χ4n) is 1.76. The maximum absolute atomic E-state index is 11.5. The lowest BCUT2D eigenvalue weighted by molar-refractivity contribution is -0.123. The summed E-state index contributed by atoms with van der Waals surface area (Å²) in [6, 6.07) is 5.92. The fourth-order valence-corrected chi connectivity index (χ4v) is 1.76. The van der Waals surface area contributed by atoms with Crippen LogP contribution < -0.4 is 10.1 Å². The Morgan fingerprint density at radius 3 is 2.53 bits per heavy atom. The Balaban J connectivity index is 2.22. The summed E-state index contributed by atoms with van der Waals surface area (Å²) in [5, 5.41) is 2.80. The summed E-state index contributed by atoms with van der Waals surface area (Å²) in [5.74, 6) is 0.637. The molecule has 19 heavy (non-hydrogen) atoms. The molecule has 0 saturated carbocycles. The fraction of sp³-hybridized carbons (Fsp3) is 0.533. The molecule has 0 heterocycles. The molecule has 0 saturated heterocycles. The minimum absolute atomic E-state index is 0.0531. The zero-order valence-corrected chi connectivity index (χ0v) is 12.0. The minimum Gasteiger partial charge on any atom is -0.484 e. The molecular weight excluding hydrogens is 242 g/mol. The molecule has 0 fully saturated rings. The molecule has 0 aromatic heterocycles. The van der Waals surface area contributed by atoms with Crippen molar-refractivity contribution in [2.24, 2.45) is 0 Å². The SMILES string of the molecule is CCOCCCNC(=O)COc1cc(C)cc(C)c1. The van der Waals surface area contributed by atoms with Gasteiger partial charge in [0.2, 0.25) is 0 Å². The van der Waals surface area contributed by atoms with Gasteiger partial charge >= 0.3 is 0 Å². The molecule has 0 spiro atoms. The van der Waals surface area contributed by atoms with Crippen LogP contribution in [-0.4, -0.2) is 32.3 Å². The first kappa shape index (κ1) is 15.5. The zero-order valence-electron chi connectivity index (χ0n) is 12.0. The molecule has 0 aliphatic heterocycles. The predicted molar refractivity (Wildman–Crippen MR) is 75.5 cm³/mol. The van der Waals surface area contributed by atoms with E-state index < -0.39 is 0 Å². The number of hydrogen-bond donors (Lipinski definition) is 1. The molecule has 1 N–H and O–H groups in total. The maximum Gasteiger partial charge on any atom is 0.257 e. The van der Waals surface area contributed by atoms with Crippen molar-refractivity contribution < 1.29 is 14.3 Å². The molecule has 1 rings (SSSR count). The van der Waals surface area contributed by atoms with E-state index in [0.717, 1.165) is 23.3 Å². The summed E-state index contributed by atoms with van der Waals surface area (Å²) in [5.41, 5.74) is 2.26. The van der Waals surface area contributed by atoms with Gasteiger partial charge in [-0.1, -0.05) is 6.07 Å². The molecule has 0 bridgehead atoms. The highest BCUT2D eigenvalue weighted by molar-refractivity contribution is 5.77. The third-order valence-electron chi connectivity index (χ3n) is 2.56. The van der Waals surface area contributed by atoms with E-state index in [-0.39, 0.29) is 12.5 Å². The Hall–Kier alpha value is -1.55. The van der Waals surface area contributed by atoms with Gasteiger partial charge in [0.15, 0.2) is 6.61 Å². The van der Waals surface area contributed by atoms with Gasteiger partial charge in [0.1, 0.15) is 5.75 Å². The van der Waals surface area contributed by atoms with Gasteiger partial charge in [0, 0.05) is 19.8 Å². The van der Waals surface area contributed by atoms with Gasteiger partial charge < -0.3 is 14.8 Å². The Bertz CT molecular complexity index is 384. The van der Waals surface area contributed by atoms with Gasteiger partial charge in [0.25, 0.3) is 5.91 Å². The van der Waals surface area contributed by atoms with Crippen LogP contribution in [-0.2, 0) is 9.53 Å².